The van der Waals surface area contributed by atoms with E-state index < -0.39 is 0 Å². The van der Waals surface area contributed by atoms with Crippen LogP contribution in [0.2, 0.25) is 0 Å². The van der Waals surface area contributed by atoms with Gasteiger partial charge in [-0.1, -0.05) is 73.7 Å². The van der Waals surface area contributed by atoms with Gasteiger partial charge in [0, 0.05) is 6.54 Å². The van der Waals surface area contributed by atoms with Gasteiger partial charge in [-0.2, -0.15) is 0 Å². The molecule has 2 amide bonds. The van der Waals surface area contributed by atoms with Gasteiger partial charge in [-0.05, 0) is 35.2 Å². The molecule has 0 spiro atoms. The zero-order chi connectivity index (χ0) is 19.8. The minimum atomic E-state index is -0.216. The maximum atomic E-state index is 12.6. The van der Waals surface area contributed by atoms with Crippen molar-refractivity contribution in [2.24, 2.45) is 0 Å². The fraction of sp³-hybridized carbons (Fsp3) is 0.167. The third-order valence-corrected chi connectivity index (χ3v) is 4.54. The average molecular weight is 372 g/mol. The number of hydrogen-bond acceptors (Lipinski definition) is 2. The molecule has 0 saturated carbocycles. The lowest BCUT2D eigenvalue weighted by Gasteiger charge is -2.12. The van der Waals surface area contributed by atoms with Crippen LogP contribution in [0.4, 0.5) is 5.69 Å². The third-order valence-electron chi connectivity index (χ3n) is 4.54. The fourth-order valence-corrected chi connectivity index (χ4v) is 2.94. The molecule has 4 nitrogen and oxygen atoms in total. The molecule has 0 unspecified atom stereocenters. The molecule has 0 fully saturated rings. The van der Waals surface area contributed by atoms with Crippen LogP contribution in [-0.2, 0) is 24.2 Å². The summed E-state index contributed by atoms with van der Waals surface area (Å²) in [5.41, 5.74) is 4.18. The van der Waals surface area contributed by atoms with Crippen LogP contribution in [0, 0.1) is 0 Å². The van der Waals surface area contributed by atoms with Crippen molar-refractivity contribution in [3.05, 3.63) is 101 Å². The molecule has 3 aromatic carbocycles. The number of aryl methyl sites for hydroxylation is 1. The van der Waals surface area contributed by atoms with Gasteiger partial charge in [-0.15, -0.1) is 0 Å². The quantitative estimate of drug-likeness (QED) is 0.647. The molecule has 4 heteroatoms. The number of carbonyl (C=O) groups is 2. The van der Waals surface area contributed by atoms with E-state index in [2.05, 4.69) is 17.6 Å². The number of benzene rings is 3. The second kappa shape index (κ2) is 9.51. The average Bonchev–Trinajstić information content (AvgIpc) is 2.73. The van der Waals surface area contributed by atoms with Crippen LogP contribution in [0.3, 0.4) is 0 Å². The van der Waals surface area contributed by atoms with Crippen molar-refractivity contribution in [3.63, 3.8) is 0 Å². The molecule has 0 aliphatic rings. The van der Waals surface area contributed by atoms with Gasteiger partial charge < -0.3 is 10.6 Å². The van der Waals surface area contributed by atoms with E-state index in [9.17, 15) is 9.59 Å². The first-order chi connectivity index (χ1) is 13.7. The lowest BCUT2D eigenvalue weighted by molar-refractivity contribution is -0.115. The first-order valence-corrected chi connectivity index (χ1v) is 9.44. The Labute approximate surface area is 165 Å². The summed E-state index contributed by atoms with van der Waals surface area (Å²) < 4.78 is 0. The monoisotopic (exact) mass is 372 g/mol. The number of para-hydroxylation sites is 1. The van der Waals surface area contributed by atoms with Gasteiger partial charge in [0.2, 0.25) is 5.91 Å². The number of nitrogens with one attached hydrogen (secondary N) is 2. The Morgan fingerprint density at radius 2 is 1.39 bits per heavy atom. The first kappa shape index (κ1) is 19.4. The van der Waals surface area contributed by atoms with Crippen LogP contribution in [0.5, 0.6) is 0 Å². The van der Waals surface area contributed by atoms with E-state index in [0.717, 1.165) is 17.5 Å². The number of hydrogen-bond donors (Lipinski definition) is 2. The van der Waals surface area contributed by atoms with E-state index in [1.54, 1.807) is 24.3 Å². The molecule has 0 heterocycles. The largest absolute Gasteiger partial charge is 0.348 e. The highest BCUT2D eigenvalue weighted by atomic mass is 16.2. The Hall–Kier alpha value is -3.40. The fourth-order valence-electron chi connectivity index (χ4n) is 2.94. The van der Waals surface area contributed by atoms with E-state index in [4.69, 9.17) is 0 Å². The van der Waals surface area contributed by atoms with E-state index in [1.807, 2.05) is 54.6 Å². The number of anilines is 1. The summed E-state index contributed by atoms with van der Waals surface area (Å²) in [6.45, 7) is 2.53. The van der Waals surface area contributed by atoms with Crippen LogP contribution in [0.25, 0.3) is 0 Å². The lowest BCUT2D eigenvalue weighted by atomic mass is 10.1. The predicted octanol–water partition coefficient (Wildman–Crippen LogP) is 4.36. The zero-order valence-electron chi connectivity index (χ0n) is 15.9. The molecule has 0 aromatic heterocycles. The maximum absolute atomic E-state index is 12.6. The molecule has 0 radical (unpaired) electrons. The molecule has 3 rings (SSSR count). The number of amides is 2. The molecule has 142 valence electrons. The van der Waals surface area contributed by atoms with E-state index in [0.29, 0.717) is 17.8 Å². The summed E-state index contributed by atoms with van der Waals surface area (Å²) in [6.07, 6.45) is 1.24. The molecule has 0 aliphatic heterocycles. The molecular weight excluding hydrogens is 348 g/mol. The minimum Gasteiger partial charge on any atom is -0.348 e. The minimum absolute atomic E-state index is 0.146. The standard InChI is InChI=1S/C24H24N2O2/c1-2-18-12-14-19(15-13-18)16-23(27)26-22-11-7-6-10-21(22)24(28)25-17-20-8-4-3-5-9-20/h3-15H,2,16-17H2,1H3,(H,25,28)(H,26,27). The molecule has 0 bridgehead atoms. The summed E-state index contributed by atoms with van der Waals surface area (Å²) >= 11 is 0. The van der Waals surface area contributed by atoms with Gasteiger partial charge in [-0.3, -0.25) is 9.59 Å². The summed E-state index contributed by atoms with van der Waals surface area (Å²) in [4.78, 5) is 25.0. The van der Waals surface area contributed by atoms with Crippen molar-refractivity contribution >= 4 is 17.5 Å². The Kier molecular flexibility index (Phi) is 6.58. The Balaban J connectivity index is 1.63. The molecule has 28 heavy (non-hydrogen) atoms. The van der Waals surface area contributed by atoms with Crippen LogP contribution in [0.1, 0.15) is 34.0 Å². The SMILES string of the molecule is CCc1ccc(CC(=O)Nc2ccccc2C(=O)NCc2ccccc2)cc1. The van der Waals surface area contributed by atoms with Crippen molar-refractivity contribution < 1.29 is 9.59 Å². The normalized spacial score (nSPS) is 10.3. The second-order valence-corrected chi connectivity index (χ2v) is 6.61. The molecule has 0 saturated heterocycles. The lowest BCUT2D eigenvalue weighted by Crippen LogP contribution is -2.25. The Bertz CT molecular complexity index is 934. The van der Waals surface area contributed by atoms with Gasteiger partial charge in [0.1, 0.15) is 0 Å². The van der Waals surface area contributed by atoms with Crippen molar-refractivity contribution in [1.82, 2.24) is 5.32 Å². The van der Waals surface area contributed by atoms with Gasteiger partial charge >= 0.3 is 0 Å². The Morgan fingerprint density at radius 3 is 2.11 bits per heavy atom. The topological polar surface area (TPSA) is 58.2 Å². The van der Waals surface area contributed by atoms with Crippen molar-refractivity contribution in [2.45, 2.75) is 26.3 Å². The van der Waals surface area contributed by atoms with E-state index in [1.165, 1.54) is 5.56 Å². The van der Waals surface area contributed by atoms with Crippen LogP contribution in [-0.4, -0.2) is 11.8 Å². The molecule has 0 atom stereocenters. The maximum Gasteiger partial charge on any atom is 0.253 e. The highest BCUT2D eigenvalue weighted by molar-refractivity contribution is 6.04. The highest BCUT2D eigenvalue weighted by Gasteiger charge is 2.13. The summed E-state index contributed by atoms with van der Waals surface area (Å²) in [5, 5.41) is 5.77. The van der Waals surface area contributed by atoms with Gasteiger partial charge in [0.15, 0.2) is 0 Å². The van der Waals surface area contributed by atoms with Crippen LogP contribution < -0.4 is 10.6 Å². The van der Waals surface area contributed by atoms with E-state index in [-0.39, 0.29) is 18.2 Å². The van der Waals surface area contributed by atoms with E-state index >= 15 is 0 Å². The van der Waals surface area contributed by atoms with Crippen LogP contribution >= 0.6 is 0 Å². The zero-order valence-corrected chi connectivity index (χ0v) is 15.9. The smallest absolute Gasteiger partial charge is 0.253 e. The van der Waals surface area contributed by atoms with Gasteiger partial charge in [0.05, 0.1) is 17.7 Å². The second-order valence-electron chi connectivity index (χ2n) is 6.61. The van der Waals surface area contributed by atoms with Crippen LogP contribution in [0.15, 0.2) is 78.9 Å². The summed E-state index contributed by atoms with van der Waals surface area (Å²) in [5.74, 6) is -0.361. The Morgan fingerprint density at radius 1 is 0.750 bits per heavy atom. The predicted molar refractivity (Wildman–Crippen MR) is 112 cm³/mol. The first-order valence-electron chi connectivity index (χ1n) is 9.44. The third kappa shape index (κ3) is 5.30. The highest BCUT2D eigenvalue weighted by Crippen LogP contribution is 2.16. The van der Waals surface area contributed by atoms with Gasteiger partial charge in [-0.25, -0.2) is 0 Å². The summed E-state index contributed by atoms with van der Waals surface area (Å²) in [6, 6.07) is 24.8. The molecule has 0 aliphatic carbocycles. The van der Waals surface area contributed by atoms with Gasteiger partial charge in [0.25, 0.3) is 5.91 Å². The number of rotatable bonds is 7. The molecule has 2 N–H and O–H groups in total. The van der Waals surface area contributed by atoms with Crippen molar-refractivity contribution in [1.29, 1.82) is 0 Å². The molecular formula is C24H24N2O2. The number of carbonyl (C=O) groups excluding carboxylic acids is 2. The summed E-state index contributed by atoms with van der Waals surface area (Å²) in [7, 11) is 0. The van der Waals surface area contributed by atoms with Crippen molar-refractivity contribution in [3.8, 4) is 0 Å². The molecule has 3 aromatic rings. The van der Waals surface area contributed by atoms with Crippen molar-refractivity contribution in [2.75, 3.05) is 5.32 Å².